The second-order valence-corrected chi connectivity index (χ2v) is 6.73. The standard InChI is InChI=1S/C19H29NO/c1-4-5-11-20(17-9-7-6-8-10-17)14-18-16(3)12-15(2)13-19(18)21/h6-10,15-16,18H,4-5,11-14H2,1-3H3. The molecule has 1 fully saturated rings. The van der Waals surface area contributed by atoms with Crippen molar-refractivity contribution in [3.63, 3.8) is 0 Å². The summed E-state index contributed by atoms with van der Waals surface area (Å²) in [5.41, 5.74) is 1.25. The number of Topliss-reactive ketones (excluding diaryl/α,β-unsaturated/α-hetero) is 1. The first-order valence-corrected chi connectivity index (χ1v) is 8.44. The minimum absolute atomic E-state index is 0.207. The number of rotatable bonds is 6. The number of carbonyl (C=O) groups excluding carboxylic acids is 1. The van der Waals surface area contributed by atoms with Gasteiger partial charge in [0.2, 0.25) is 0 Å². The smallest absolute Gasteiger partial charge is 0.138 e. The lowest BCUT2D eigenvalue weighted by Gasteiger charge is -2.36. The molecule has 0 heterocycles. The van der Waals surface area contributed by atoms with Gasteiger partial charge in [0, 0.05) is 31.1 Å². The van der Waals surface area contributed by atoms with Gasteiger partial charge in [0.1, 0.15) is 5.78 Å². The van der Waals surface area contributed by atoms with E-state index < -0.39 is 0 Å². The van der Waals surface area contributed by atoms with Crippen LogP contribution in [0, 0.1) is 17.8 Å². The number of nitrogens with zero attached hydrogens (tertiary/aromatic N) is 1. The number of anilines is 1. The Labute approximate surface area is 129 Å². The molecule has 2 nitrogen and oxygen atoms in total. The largest absolute Gasteiger partial charge is 0.371 e. The zero-order chi connectivity index (χ0) is 15.2. The Bertz CT molecular complexity index is 442. The van der Waals surface area contributed by atoms with E-state index in [0.717, 1.165) is 19.5 Å². The monoisotopic (exact) mass is 287 g/mol. The quantitative estimate of drug-likeness (QED) is 0.765. The van der Waals surface area contributed by atoms with Gasteiger partial charge in [0.15, 0.2) is 0 Å². The lowest BCUT2D eigenvalue weighted by Crippen LogP contribution is -2.40. The highest BCUT2D eigenvalue weighted by Crippen LogP contribution is 2.32. The van der Waals surface area contributed by atoms with Gasteiger partial charge in [-0.2, -0.15) is 0 Å². The van der Waals surface area contributed by atoms with Crippen LogP contribution in [-0.4, -0.2) is 18.9 Å². The van der Waals surface area contributed by atoms with Crippen molar-refractivity contribution in [2.45, 2.75) is 46.5 Å². The molecule has 0 spiro atoms. The van der Waals surface area contributed by atoms with Crippen LogP contribution in [0.25, 0.3) is 0 Å². The summed E-state index contributed by atoms with van der Waals surface area (Å²) in [5.74, 6) is 1.75. The summed E-state index contributed by atoms with van der Waals surface area (Å²) in [6, 6.07) is 10.6. The zero-order valence-corrected chi connectivity index (χ0v) is 13.7. The highest BCUT2D eigenvalue weighted by Gasteiger charge is 2.33. The molecule has 0 radical (unpaired) electrons. The lowest BCUT2D eigenvalue weighted by atomic mass is 9.74. The van der Waals surface area contributed by atoms with Crippen LogP contribution < -0.4 is 4.90 Å². The third-order valence-corrected chi connectivity index (χ3v) is 4.74. The topological polar surface area (TPSA) is 20.3 Å². The van der Waals surface area contributed by atoms with Crippen molar-refractivity contribution in [3.8, 4) is 0 Å². The number of hydrogen-bond donors (Lipinski definition) is 0. The van der Waals surface area contributed by atoms with Gasteiger partial charge in [-0.15, -0.1) is 0 Å². The summed E-state index contributed by atoms with van der Waals surface area (Å²) >= 11 is 0. The number of hydrogen-bond acceptors (Lipinski definition) is 2. The Morgan fingerprint density at radius 3 is 2.52 bits per heavy atom. The first kappa shape index (κ1) is 16.1. The van der Waals surface area contributed by atoms with Crippen LogP contribution in [0.5, 0.6) is 0 Å². The molecule has 3 atom stereocenters. The Balaban J connectivity index is 2.09. The molecule has 0 N–H and O–H groups in total. The maximum atomic E-state index is 12.4. The van der Waals surface area contributed by atoms with E-state index in [-0.39, 0.29) is 5.92 Å². The first-order chi connectivity index (χ1) is 10.1. The van der Waals surface area contributed by atoms with Crippen LogP contribution in [0.2, 0.25) is 0 Å². The molecule has 21 heavy (non-hydrogen) atoms. The maximum absolute atomic E-state index is 12.4. The fourth-order valence-electron chi connectivity index (χ4n) is 3.53. The molecule has 1 aliphatic carbocycles. The summed E-state index contributed by atoms with van der Waals surface area (Å²) in [6.45, 7) is 8.61. The molecule has 116 valence electrons. The predicted octanol–water partition coefficient (Wildman–Crippen LogP) is 4.54. The summed E-state index contributed by atoms with van der Waals surface area (Å²) in [4.78, 5) is 14.8. The number of carbonyl (C=O) groups is 1. The number of unbranched alkanes of at least 4 members (excludes halogenated alkanes) is 1. The average Bonchev–Trinajstić information content (AvgIpc) is 2.46. The molecule has 0 aliphatic heterocycles. The molecule has 1 saturated carbocycles. The second kappa shape index (κ2) is 7.63. The Morgan fingerprint density at radius 2 is 1.90 bits per heavy atom. The van der Waals surface area contributed by atoms with Gasteiger partial charge in [-0.1, -0.05) is 45.4 Å². The van der Waals surface area contributed by atoms with Crippen molar-refractivity contribution >= 4 is 11.5 Å². The van der Waals surface area contributed by atoms with E-state index in [1.807, 2.05) is 0 Å². The third-order valence-electron chi connectivity index (χ3n) is 4.74. The van der Waals surface area contributed by atoms with Crippen molar-refractivity contribution in [1.29, 1.82) is 0 Å². The van der Waals surface area contributed by atoms with E-state index >= 15 is 0 Å². The minimum atomic E-state index is 0.207. The molecule has 0 saturated heterocycles. The molecule has 1 aromatic rings. The average molecular weight is 287 g/mol. The van der Waals surface area contributed by atoms with E-state index in [1.54, 1.807) is 0 Å². The third kappa shape index (κ3) is 4.33. The normalized spacial score (nSPS) is 25.9. The minimum Gasteiger partial charge on any atom is -0.371 e. The first-order valence-electron chi connectivity index (χ1n) is 8.44. The summed E-state index contributed by atoms with van der Waals surface area (Å²) in [6.07, 6.45) is 4.33. The van der Waals surface area contributed by atoms with Crippen molar-refractivity contribution in [2.24, 2.45) is 17.8 Å². The zero-order valence-electron chi connectivity index (χ0n) is 13.7. The van der Waals surface area contributed by atoms with Gasteiger partial charge in [0.05, 0.1) is 0 Å². The van der Waals surface area contributed by atoms with E-state index in [9.17, 15) is 4.79 Å². The van der Waals surface area contributed by atoms with E-state index in [0.29, 0.717) is 17.6 Å². The fraction of sp³-hybridized carbons (Fsp3) is 0.632. The highest BCUT2D eigenvalue weighted by molar-refractivity contribution is 5.83. The van der Waals surface area contributed by atoms with E-state index in [4.69, 9.17) is 0 Å². The predicted molar refractivity (Wildman–Crippen MR) is 89.6 cm³/mol. The van der Waals surface area contributed by atoms with Crippen LogP contribution in [0.1, 0.15) is 46.5 Å². The molecule has 1 aromatic carbocycles. The Kier molecular flexibility index (Phi) is 5.84. The molecule has 1 aliphatic rings. The van der Waals surface area contributed by atoms with Crippen molar-refractivity contribution in [3.05, 3.63) is 30.3 Å². The van der Waals surface area contributed by atoms with Crippen LogP contribution in [-0.2, 0) is 4.79 Å². The van der Waals surface area contributed by atoms with Gasteiger partial charge in [-0.05, 0) is 36.8 Å². The van der Waals surface area contributed by atoms with Gasteiger partial charge < -0.3 is 4.90 Å². The molecule has 2 heteroatoms. The van der Waals surface area contributed by atoms with Gasteiger partial charge in [-0.25, -0.2) is 0 Å². The molecule has 0 amide bonds. The highest BCUT2D eigenvalue weighted by atomic mass is 16.1. The van der Waals surface area contributed by atoms with Crippen molar-refractivity contribution < 1.29 is 4.79 Å². The van der Waals surface area contributed by atoms with Gasteiger partial charge in [-0.3, -0.25) is 4.79 Å². The SMILES string of the molecule is CCCCN(CC1C(=O)CC(C)CC1C)c1ccccc1. The lowest BCUT2D eigenvalue weighted by molar-refractivity contribution is -0.127. The van der Waals surface area contributed by atoms with E-state index in [1.165, 1.54) is 24.9 Å². The van der Waals surface area contributed by atoms with Crippen molar-refractivity contribution in [2.75, 3.05) is 18.0 Å². The number of ketones is 1. The molecule has 2 rings (SSSR count). The van der Waals surface area contributed by atoms with Crippen molar-refractivity contribution in [1.82, 2.24) is 0 Å². The molecule has 0 bridgehead atoms. The Hall–Kier alpha value is -1.31. The van der Waals surface area contributed by atoms with E-state index in [2.05, 4.69) is 56.0 Å². The van der Waals surface area contributed by atoms with Crippen LogP contribution in [0.3, 0.4) is 0 Å². The number of para-hydroxylation sites is 1. The van der Waals surface area contributed by atoms with Gasteiger partial charge >= 0.3 is 0 Å². The second-order valence-electron chi connectivity index (χ2n) is 6.73. The maximum Gasteiger partial charge on any atom is 0.138 e. The number of benzene rings is 1. The molecular weight excluding hydrogens is 258 g/mol. The molecule has 3 unspecified atom stereocenters. The Morgan fingerprint density at radius 1 is 1.19 bits per heavy atom. The van der Waals surface area contributed by atoms with Crippen LogP contribution >= 0.6 is 0 Å². The van der Waals surface area contributed by atoms with Gasteiger partial charge in [0.25, 0.3) is 0 Å². The molecule has 0 aromatic heterocycles. The molecular formula is C19H29NO. The summed E-state index contributed by atoms with van der Waals surface area (Å²) in [5, 5.41) is 0. The fourth-order valence-corrected chi connectivity index (χ4v) is 3.53. The summed E-state index contributed by atoms with van der Waals surface area (Å²) in [7, 11) is 0. The van der Waals surface area contributed by atoms with Crippen LogP contribution in [0.4, 0.5) is 5.69 Å². The summed E-state index contributed by atoms with van der Waals surface area (Å²) < 4.78 is 0. The van der Waals surface area contributed by atoms with Crippen LogP contribution in [0.15, 0.2) is 30.3 Å².